The van der Waals surface area contributed by atoms with Gasteiger partial charge in [0.1, 0.15) is 12.4 Å². The van der Waals surface area contributed by atoms with E-state index in [1.165, 1.54) is 0 Å². The Hall–Kier alpha value is -2.17. The van der Waals surface area contributed by atoms with Crippen molar-refractivity contribution in [2.45, 2.75) is 0 Å². The fourth-order valence-electron chi connectivity index (χ4n) is 2.11. The first-order chi connectivity index (χ1) is 9.16. The van der Waals surface area contributed by atoms with Gasteiger partial charge in [-0.05, 0) is 23.8 Å². The van der Waals surface area contributed by atoms with Gasteiger partial charge >= 0.3 is 0 Å². The predicted octanol–water partition coefficient (Wildman–Crippen LogP) is 3.58. The molecular formula is C14H10F3NO. The van der Waals surface area contributed by atoms with Crippen LogP contribution >= 0.6 is 0 Å². The molecule has 1 heterocycles. The second-order valence-electron chi connectivity index (χ2n) is 4.21. The minimum absolute atomic E-state index is 0.247. The number of halogens is 3. The van der Waals surface area contributed by atoms with Crippen LogP contribution in [0.25, 0.3) is 11.1 Å². The quantitative estimate of drug-likeness (QED) is 0.796. The molecule has 0 saturated carbocycles. The van der Waals surface area contributed by atoms with Gasteiger partial charge in [0, 0.05) is 12.1 Å². The zero-order valence-corrected chi connectivity index (χ0v) is 9.84. The summed E-state index contributed by atoms with van der Waals surface area (Å²) in [6, 6.07) is 7.17. The van der Waals surface area contributed by atoms with Crippen LogP contribution in [0.1, 0.15) is 0 Å². The van der Waals surface area contributed by atoms with E-state index in [0.717, 1.165) is 17.8 Å². The summed E-state index contributed by atoms with van der Waals surface area (Å²) in [6.45, 7) is 1.14. The second-order valence-corrected chi connectivity index (χ2v) is 4.21. The summed E-state index contributed by atoms with van der Waals surface area (Å²) in [5.74, 6) is -3.36. The van der Waals surface area contributed by atoms with Crippen molar-refractivity contribution in [2.75, 3.05) is 18.5 Å². The van der Waals surface area contributed by atoms with E-state index in [4.69, 9.17) is 4.74 Å². The van der Waals surface area contributed by atoms with Gasteiger partial charge in [0.2, 0.25) is 0 Å². The standard InChI is InChI=1S/C14H10F3NO/c15-10-6-8(7-11(16)13(10)17)9-2-1-3-12-14(9)19-5-4-18-12/h1-3,6-7,18H,4-5H2. The van der Waals surface area contributed by atoms with E-state index in [-0.39, 0.29) is 5.56 Å². The molecule has 98 valence electrons. The number of anilines is 1. The molecule has 0 aromatic heterocycles. The molecule has 19 heavy (non-hydrogen) atoms. The number of nitrogens with one attached hydrogen (secondary N) is 1. The molecular weight excluding hydrogens is 255 g/mol. The van der Waals surface area contributed by atoms with E-state index in [1.54, 1.807) is 12.1 Å². The smallest absolute Gasteiger partial charge is 0.194 e. The zero-order chi connectivity index (χ0) is 13.4. The maximum atomic E-state index is 13.3. The van der Waals surface area contributed by atoms with E-state index in [1.807, 2.05) is 6.07 Å². The molecule has 0 saturated heterocycles. The van der Waals surface area contributed by atoms with Crippen molar-refractivity contribution in [3.63, 3.8) is 0 Å². The molecule has 0 unspecified atom stereocenters. The van der Waals surface area contributed by atoms with Gasteiger partial charge in [-0.25, -0.2) is 13.2 Å². The normalized spacial score (nSPS) is 13.4. The molecule has 5 heteroatoms. The zero-order valence-electron chi connectivity index (χ0n) is 9.84. The number of benzene rings is 2. The topological polar surface area (TPSA) is 21.3 Å². The fourth-order valence-corrected chi connectivity index (χ4v) is 2.11. The highest BCUT2D eigenvalue weighted by atomic mass is 19.2. The summed E-state index contributed by atoms with van der Waals surface area (Å²) in [6.07, 6.45) is 0. The fraction of sp³-hybridized carbons (Fsp3) is 0.143. The SMILES string of the molecule is Fc1cc(-c2cccc3c2OCCN3)cc(F)c1F. The maximum Gasteiger partial charge on any atom is 0.194 e. The molecule has 2 aromatic rings. The Labute approximate surface area is 107 Å². The number of hydrogen-bond acceptors (Lipinski definition) is 2. The van der Waals surface area contributed by atoms with Crippen molar-refractivity contribution in [3.8, 4) is 16.9 Å². The summed E-state index contributed by atoms with van der Waals surface area (Å²) < 4.78 is 45.1. The Bertz CT molecular complexity index is 620. The van der Waals surface area contributed by atoms with Gasteiger partial charge in [0.05, 0.1) is 5.69 Å². The maximum absolute atomic E-state index is 13.3. The molecule has 2 aromatic carbocycles. The number of rotatable bonds is 1. The minimum Gasteiger partial charge on any atom is -0.489 e. The van der Waals surface area contributed by atoms with Gasteiger partial charge in [-0.2, -0.15) is 0 Å². The second kappa shape index (κ2) is 4.50. The number of para-hydroxylation sites is 1. The largest absolute Gasteiger partial charge is 0.489 e. The van der Waals surface area contributed by atoms with Crippen molar-refractivity contribution in [1.82, 2.24) is 0 Å². The van der Waals surface area contributed by atoms with Crippen LogP contribution in [-0.4, -0.2) is 13.2 Å². The van der Waals surface area contributed by atoms with Gasteiger partial charge in [-0.15, -0.1) is 0 Å². The molecule has 0 aliphatic carbocycles. The highest BCUT2D eigenvalue weighted by molar-refractivity contribution is 5.78. The number of fused-ring (bicyclic) bond motifs is 1. The van der Waals surface area contributed by atoms with Gasteiger partial charge in [-0.3, -0.25) is 0 Å². The lowest BCUT2D eigenvalue weighted by Crippen LogP contribution is -2.18. The lowest BCUT2D eigenvalue weighted by atomic mass is 10.0. The van der Waals surface area contributed by atoms with Crippen molar-refractivity contribution >= 4 is 5.69 Å². The number of hydrogen-bond donors (Lipinski definition) is 1. The van der Waals surface area contributed by atoms with Crippen molar-refractivity contribution in [3.05, 3.63) is 47.8 Å². The van der Waals surface area contributed by atoms with E-state index in [9.17, 15) is 13.2 Å². The Kier molecular flexibility index (Phi) is 2.81. The predicted molar refractivity (Wildman–Crippen MR) is 65.7 cm³/mol. The Balaban J connectivity index is 2.17. The summed E-state index contributed by atoms with van der Waals surface area (Å²) in [5, 5.41) is 3.13. The average molecular weight is 265 g/mol. The minimum atomic E-state index is -1.47. The van der Waals surface area contributed by atoms with Crippen LogP contribution < -0.4 is 10.1 Å². The van der Waals surface area contributed by atoms with Crippen molar-refractivity contribution < 1.29 is 17.9 Å². The third kappa shape index (κ3) is 2.01. The van der Waals surface area contributed by atoms with Crippen molar-refractivity contribution in [2.24, 2.45) is 0 Å². The summed E-state index contributed by atoms with van der Waals surface area (Å²) in [7, 11) is 0. The Morgan fingerprint density at radius 2 is 1.79 bits per heavy atom. The van der Waals surface area contributed by atoms with Crippen LogP contribution in [0.3, 0.4) is 0 Å². The van der Waals surface area contributed by atoms with Crippen LogP contribution in [-0.2, 0) is 0 Å². The monoisotopic (exact) mass is 265 g/mol. The van der Waals surface area contributed by atoms with Gasteiger partial charge in [0.15, 0.2) is 17.5 Å². The summed E-state index contributed by atoms with van der Waals surface area (Å²) >= 11 is 0. The van der Waals surface area contributed by atoms with E-state index in [0.29, 0.717) is 24.5 Å². The van der Waals surface area contributed by atoms with Crippen LogP contribution in [0.15, 0.2) is 30.3 Å². The van der Waals surface area contributed by atoms with Crippen molar-refractivity contribution in [1.29, 1.82) is 0 Å². The molecule has 0 bridgehead atoms. The van der Waals surface area contributed by atoms with Gasteiger partial charge in [0.25, 0.3) is 0 Å². The lowest BCUT2D eigenvalue weighted by molar-refractivity contribution is 0.324. The molecule has 1 aliphatic rings. The van der Waals surface area contributed by atoms with Gasteiger partial charge in [-0.1, -0.05) is 12.1 Å². The third-order valence-electron chi connectivity index (χ3n) is 2.97. The molecule has 0 radical (unpaired) electrons. The lowest BCUT2D eigenvalue weighted by Gasteiger charge is -2.21. The molecule has 2 nitrogen and oxygen atoms in total. The van der Waals surface area contributed by atoms with E-state index >= 15 is 0 Å². The molecule has 0 amide bonds. The van der Waals surface area contributed by atoms with Crippen LogP contribution in [0.4, 0.5) is 18.9 Å². The number of ether oxygens (including phenoxy) is 1. The Morgan fingerprint density at radius 3 is 2.53 bits per heavy atom. The third-order valence-corrected chi connectivity index (χ3v) is 2.97. The summed E-state index contributed by atoms with van der Waals surface area (Å²) in [5.41, 5.74) is 1.54. The van der Waals surface area contributed by atoms with E-state index in [2.05, 4.69) is 5.32 Å². The molecule has 0 spiro atoms. The van der Waals surface area contributed by atoms with Gasteiger partial charge < -0.3 is 10.1 Å². The first kappa shape index (κ1) is 11.9. The van der Waals surface area contributed by atoms with E-state index < -0.39 is 17.5 Å². The van der Waals surface area contributed by atoms with Crippen LogP contribution in [0, 0.1) is 17.5 Å². The molecule has 1 aliphatic heterocycles. The van der Waals surface area contributed by atoms with Crippen LogP contribution in [0.5, 0.6) is 5.75 Å². The summed E-state index contributed by atoms with van der Waals surface area (Å²) in [4.78, 5) is 0. The first-order valence-corrected chi connectivity index (χ1v) is 5.81. The molecule has 0 atom stereocenters. The highest BCUT2D eigenvalue weighted by Crippen LogP contribution is 2.38. The average Bonchev–Trinajstić information content (AvgIpc) is 2.43. The molecule has 0 fully saturated rings. The molecule has 1 N–H and O–H groups in total. The highest BCUT2D eigenvalue weighted by Gasteiger charge is 2.18. The van der Waals surface area contributed by atoms with Crippen LogP contribution in [0.2, 0.25) is 0 Å². The molecule has 3 rings (SSSR count). The Morgan fingerprint density at radius 1 is 1.05 bits per heavy atom. The first-order valence-electron chi connectivity index (χ1n) is 5.81.